The Labute approximate surface area is 172 Å². The third-order valence-electron chi connectivity index (χ3n) is 3.61. The van der Waals surface area contributed by atoms with Gasteiger partial charge in [-0.2, -0.15) is 18.2 Å². The number of nitro groups is 1. The summed E-state index contributed by atoms with van der Waals surface area (Å²) in [4.78, 5) is 30.3. The van der Waals surface area contributed by atoms with E-state index in [2.05, 4.69) is 10.1 Å². The topological polar surface area (TPSA) is 127 Å². The molecule has 0 unspecified atom stereocenters. The summed E-state index contributed by atoms with van der Waals surface area (Å²) in [5.41, 5.74) is 4.65. The molecular weight excluding hydrogens is 433 g/mol. The second-order valence-electron chi connectivity index (χ2n) is 5.65. The van der Waals surface area contributed by atoms with Crippen molar-refractivity contribution >= 4 is 35.5 Å². The first-order chi connectivity index (χ1) is 14.0. The number of nitro benzene ring substituents is 1. The number of hydrogen-bond acceptors (Lipinski definition) is 7. The van der Waals surface area contributed by atoms with Crippen molar-refractivity contribution < 1.29 is 27.7 Å². The number of hydrogen-bond donors (Lipinski definition) is 1. The number of carbonyl (C=O) groups is 1. The molecule has 0 fully saturated rings. The third kappa shape index (κ3) is 5.70. The predicted molar refractivity (Wildman–Crippen MR) is 100 cm³/mol. The van der Waals surface area contributed by atoms with Crippen LogP contribution >= 0.6 is 11.6 Å². The van der Waals surface area contributed by atoms with E-state index < -0.39 is 22.7 Å². The molecule has 2 aromatic rings. The zero-order valence-electron chi connectivity index (χ0n) is 15.2. The standard InChI is InChI=1S/C16H14ClF3N6O4/c1-24(14-13(17)6-11(7-22-14)16(18,19)20)25(15(21)27)9-23-30-8-10-2-4-12(5-3-10)26(28)29/h2-7,9H,8H2,1H3,(H2,21,27)/b23-9+. The van der Waals surface area contributed by atoms with E-state index in [0.717, 1.165) is 11.3 Å². The Morgan fingerprint density at radius 1 is 1.40 bits per heavy atom. The largest absolute Gasteiger partial charge is 0.417 e. The number of primary amides is 1. The van der Waals surface area contributed by atoms with Gasteiger partial charge in [-0.25, -0.2) is 9.78 Å². The number of carbonyl (C=O) groups excluding carboxylic acids is 1. The molecule has 1 heterocycles. The van der Waals surface area contributed by atoms with Gasteiger partial charge in [0.1, 0.15) is 6.61 Å². The molecule has 0 spiro atoms. The number of pyridine rings is 1. The minimum atomic E-state index is -4.63. The van der Waals surface area contributed by atoms with Gasteiger partial charge in [0, 0.05) is 25.4 Å². The number of nitrogens with zero attached hydrogens (tertiary/aromatic N) is 5. The number of amides is 2. The molecule has 0 saturated carbocycles. The molecule has 1 aromatic heterocycles. The fourth-order valence-corrected chi connectivity index (χ4v) is 2.40. The number of urea groups is 1. The maximum Gasteiger partial charge on any atom is 0.417 e. The SMILES string of the molecule is CN(c1ncc(C(F)(F)F)cc1Cl)N(/C=N/OCc1ccc([N+](=O)[O-])cc1)C(N)=O. The minimum absolute atomic E-state index is 0.0793. The number of non-ortho nitro benzene ring substituents is 1. The van der Waals surface area contributed by atoms with Crippen LogP contribution in [0.15, 0.2) is 41.7 Å². The Bertz CT molecular complexity index is 955. The lowest BCUT2D eigenvalue weighted by atomic mass is 10.2. The van der Waals surface area contributed by atoms with E-state index in [1.807, 2.05) is 0 Å². The summed E-state index contributed by atoms with van der Waals surface area (Å²) >= 11 is 5.85. The molecule has 0 radical (unpaired) electrons. The van der Waals surface area contributed by atoms with Crippen molar-refractivity contribution in [3.8, 4) is 0 Å². The van der Waals surface area contributed by atoms with Crippen LogP contribution in [0.5, 0.6) is 0 Å². The molecule has 2 rings (SSSR count). The van der Waals surface area contributed by atoms with Crippen molar-refractivity contribution in [2.24, 2.45) is 10.9 Å². The quantitative estimate of drug-likeness (QED) is 0.300. The highest BCUT2D eigenvalue weighted by atomic mass is 35.5. The average Bonchev–Trinajstić information content (AvgIpc) is 2.66. The number of benzene rings is 1. The molecule has 14 heteroatoms. The maximum atomic E-state index is 12.7. The molecule has 0 saturated heterocycles. The molecule has 0 aliphatic rings. The summed E-state index contributed by atoms with van der Waals surface area (Å²) in [5.74, 6) is -0.190. The van der Waals surface area contributed by atoms with Crippen LogP contribution in [0.2, 0.25) is 5.02 Å². The zero-order chi connectivity index (χ0) is 22.5. The first-order valence-electron chi connectivity index (χ1n) is 7.94. The highest BCUT2D eigenvalue weighted by molar-refractivity contribution is 6.33. The van der Waals surface area contributed by atoms with Gasteiger partial charge in [0.2, 0.25) is 0 Å². The van der Waals surface area contributed by atoms with Gasteiger partial charge in [-0.15, -0.1) is 0 Å². The van der Waals surface area contributed by atoms with Gasteiger partial charge in [-0.1, -0.05) is 16.8 Å². The van der Waals surface area contributed by atoms with E-state index >= 15 is 0 Å². The van der Waals surface area contributed by atoms with Crippen molar-refractivity contribution in [3.63, 3.8) is 0 Å². The molecule has 0 bridgehead atoms. The summed E-state index contributed by atoms with van der Waals surface area (Å²) in [6, 6.07) is 5.09. The summed E-state index contributed by atoms with van der Waals surface area (Å²) in [7, 11) is 1.27. The normalized spacial score (nSPS) is 11.4. The Morgan fingerprint density at radius 2 is 2.03 bits per heavy atom. The van der Waals surface area contributed by atoms with Gasteiger partial charge in [0.15, 0.2) is 12.2 Å². The predicted octanol–water partition coefficient (Wildman–Crippen LogP) is 3.55. The molecule has 0 atom stereocenters. The molecule has 2 amide bonds. The maximum absolute atomic E-state index is 12.7. The van der Waals surface area contributed by atoms with Crippen LogP contribution in [-0.2, 0) is 17.6 Å². The Morgan fingerprint density at radius 3 is 2.53 bits per heavy atom. The number of hydrazine groups is 1. The Kier molecular flexibility index (Phi) is 7.00. The lowest BCUT2D eigenvalue weighted by molar-refractivity contribution is -0.384. The van der Waals surface area contributed by atoms with Gasteiger partial charge < -0.3 is 10.6 Å². The van der Waals surface area contributed by atoms with Crippen molar-refractivity contribution in [3.05, 3.63) is 62.8 Å². The molecule has 2 N–H and O–H groups in total. The van der Waals surface area contributed by atoms with Crippen LogP contribution in [-0.4, -0.2) is 34.3 Å². The van der Waals surface area contributed by atoms with Crippen LogP contribution in [0, 0.1) is 10.1 Å². The second kappa shape index (κ2) is 9.26. The fraction of sp³-hybridized carbons (Fsp3) is 0.188. The smallest absolute Gasteiger partial charge is 0.390 e. The van der Waals surface area contributed by atoms with Gasteiger partial charge in [-0.3, -0.25) is 15.1 Å². The lowest BCUT2D eigenvalue weighted by Gasteiger charge is -2.27. The van der Waals surface area contributed by atoms with Crippen LogP contribution in [0.3, 0.4) is 0 Å². The van der Waals surface area contributed by atoms with Crippen molar-refractivity contribution in [1.82, 2.24) is 9.99 Å². The van der Waals surface area contributed by atoms with E-state index in [-0.39, 0.29) is 23.1 Å². The molecular formula is C16H14ClF3N6O4. The number of oxime groups is 1. The number of halogens is 4. The molecule has 160 valence electrons. The molecule has 0 aliphatic carbocycles. The molecule has 1 aromatic carbocycles. The first kappa shape index (κ1) is 22.7. The van der Waals surface area contributed by atoms with E-state index in [4.69, 9.17) is 22.2 Å². The first-order valence-corrected chi connectivity index (χ1v) is 8.32. The Balaban J connectivity index is 2.08. The zero-order valence-corrected chi connectivity index (χ0v) is 16.0. The van der Waals surface area contributed by atoms with E-state index in [1.165, 1.54) is 31.3 Å². The Hall–Kier alpha value is -3.61. The number of rotatable bonds is 7. The average molecular weight is 447 g/mol. The number of nitrogens with two attached hydrogens (primary N) is 1. The minimum Gasteiger partial charge on any atom is -0.390 e. The van der Waals surface area contributed by atoms with Gasteiger partial charge in [0.05, 0.1) is 15.5 Å². The highest BCUT2D eigenvalue weighted by Crippen LogP contribution is 2.33. The van der Waals surface area contributed by atoms with E-state index in [9.17, 15) is 28.1 Å². The van der Waals surface area contributed by atoms with Gasteiger partial charge in [0.25, 0.3) is 5.69 Å². The van der Waals surface area contributed by atoms with Crippen LogP contribution in [0.25, 0.3) is 0 Å². The summed E-state index contributed by atoms with van der Waals surface area (Å²) in [6.07, 6.45) is -3.22. The van der Waals surface area contributed by atoms with Crippen LogP contribution < -0.4 is 10.7 Å². The van der Waals surface area contributed by atoms with Crippen molar-refractivity contribution in [2.45, 2.75) is 12.8 Å². The van der Waals surface area contributed by atoms with Crippen molar-refractivity contribution in [2.75, 3.05) is 12.1 Å². The summed E-state index contributed by atoms with van der Waals surface area (Å²) in [5, 5.41) is 15.5. The fourth-order valence-electron chi connectivity index (χ4n) is 2.11. The monoisotopic (exact) mass is 446 g/mol. The van der Waals surface area contributed by atoms with Gasteiger partial charge in [-0.05, 0) is 23.8 Å². The number of alkyl halides is 3. The molecule has 10 nitrogen and oxygen atoms in total. The van der Waals surface area contributed by atoms with E-state index in [0.29, 0.717) is 22.8 Å². The highest BCUT2D eigenvalue weighted by Gasteiger charge is 2.32. The third-order valence-corrected chi connectivity index (χ3v) is 3.89. The van der Waals surface area contributed by atoms with Crippen molar-refractivity contribution in [1.29, 1.82) is 0 Å². The second-order valence-corrected chi connectivity index (χ2v) is 6.06. The number of anilines is 1. The lowest BCUT2D eigenvalue weighted by Crippen LogP contribution is -2.47. The van der Waals surface area contributed by atoms with Gasteiger partial charge >= 0.3 is 12.2 Å². The summed E-state index contributed by atoms with van der Waals surface area (Å²) < 4.78 is 38.2. The molecule has 0 aliphatic heterocycles. The van der Waals surface area contributed by atoms with E-state index in [1.54, 1.807) is 0 Å². The van der Waals surface area contributed by atoms with Crippen LogP contribution in [0.4, 0.5) is 29.5 Å². The molecule has 30 heavy (non-hydrogen) atoms. The van der Waals surface area contributed by atoms with Crippen LogP contribution in [0.1, 0.15) is 11.1 Å². The number of aromatic nitrogens is 1. The summed E-state index contributed by atoms with van der Waals surface area (Å²) in [6.45, 7) is -0.0793.